The van der Waals surface area contributed by atoms with Crippen molar-refractivity contribution in [2.75, 3.05) is 11.9 Å². The zero-order valence-corrected chi connectivity index (χ0v) is 12.0. The molecule has 1 aromatic heterocycles. The molecule has 3 rings (SSSR count). The summed E-state index contributed by atoms with van der Waals surface area (Å²) in [6, 6.07) is 7.79. The Kier molecular flexibility index (Phi) is 4.42. The second-order valence-electron chi connectivity index (χ2n) is 4.70. The van der Waals surface area contributed by atoms with E-state index in [1.807, 2.05) is 12.1 Å². The lowest BCUT2D eigenvalue weighted by Gasteiger charge is -2.18. The highest BCUT2D eigenvalue weighted by Gasteiger charge is 2.12. The van der Waals surface area contributed by atoms with Crippen LogP contribution in [0.25, 0.3) is 0 Å². The fourth-order valence-electron chi connectivity index (χ4n) is 2.35. The molecular weight excluding hydrogens is 276 g/mol. The van der Waals surface area contributed by atoms with E-state index in [0.29, 0.717) is 5.69 Å². The van der Waals surface area contributed by atoms with Crippen molar-refractivity contribution >= 4 is 24.0 Å². The molecule has 0 bridgehead atoms. The van der Waals surface area contributed by atoms with Crippen molar-refractivity contribution in [3.05, 3.63) is 47.3 Å². The number of hydrogen-bond acceptors (Lipinski definition) is 3. The molecule has 2 N–H and O–H groups in total. The third-order valence-electron chi connectivity index (χ3n) is 3.40. The SMILES string of the molecule is Cl.Cn1nccc1C(=O)Nc1ccc2c(c1)CNCC2. The summed E-state index contributed by atoms with van der Waals surface area (Å²) in [5, 5.41) is 10.2. The summed E-state index contributed by atoms with van der Waals surface area (Å²) in [4.78, 5) is 12.1. The third-order valence-corrected chi connectivity index (χ3v) is 3.40. The molecule has 0 saturated carbocycles. The predicted molar refractivity (Wildman–Crippen MR) is 80.3 cm³/mol. The van der Waals surface area contributed by atoms with E-state index < -0.39 is 0 Å². The van der Waals surface area contributed by atoms with Gasteiger partial charge in [-0.05, 0) is 42.3 Å². The second-order valence-corrected chi connectivity index (χ2v) is 4.70. The molecule has 106 valence electrons. The number of fused-ring (bicyclic) bond motifs is 1. The molecule has 1 amide bonds. The number of aryl methyl sites for hydroxylation is 1. The van der Waals surface area contributed by atoms with Crippen LogP contribution in [0.1, 0.15) is 21.6 Å². The van der Waals surface area contributed by atoms with Gasteiger partial charge in [-0.2, -0.15) is 5.10 Å². The first-order valence-corrected chi connectivity index (χ1v) is 6.36. The molecule has 1 aliphatic heterocycles. The maximum absolute atomic E-state index is 12.1. The molecule has 0 unspecified atom stereocenters. The van der Waals surface area contributed by atoms with Crippen LogP contribution in [0, 0.1) is 0 Å². The average Bonchev–Trinajstić information content (AvgIpc) is 2.85. The van der Waals surface area contributed by atoms with Gasteiger partial charge in [-0.1, -0.05) is 6.07 Å². The molecule has 2 aromatic rings. The minimum atomic E-state index is -0.135. The summed E-state index contributed by atoms with van der Waals surface area (Å²) in [5.74, 6) is -0.135. The van der Waals surface area contributed by atoms with Crippen LogP contribution < -0.4 is 10.6 Å². The Hall–Kier alpha value is -1.85. The van der Waals surface area contributed by atoms with Crippen LogP contribution in [-0.2, 0) is 20.0 Å². The fraction of sp³-hybridized carbons (Fsp3) is 0.286. The van der Waals surface area contributed by atoms with Crippen LogP contribution in [0.4, 0.5) is 5.69 Å². The summed E-state index contributed by atoms with van der Waals surface area (Å²) >= 11 is 0. The molecule has 0 saturated heterocycles. The molecule has 20 heavy (non-hydrogen) atoms. The van der Waals surface area contributed by atoms with E-state index in [-0.39, 0.29) is 18.3 Å². The highest BCUT2D eigenvalue weighted by molar-refractivity contribution is 6.03. The largest absolute Gasteiger partial charge is 0.321 e. The molecular formula is C14H17ClN4O. The molecule has 1 aromatic carbocycles. The maximum atomic E-state index is 12.1. The highest BCUT2D eigenvalue weighted by atomic mass is 35.5. The zero-order chi connectivity index (χ0) is 13.2. The number of amides is 1. The van der Waals surface area contributed by atoms with Gasteiger partial charge in [-0.25, -0.2) is 0 Å². The average molecular weight is 293 g/mol. The van der Waals surface area contributed by atoms with Crippen molar-refractivity contribution in [2.45, 2.75) is 13.0 Å². The maximum Gasteiger partial charge on any atom is 0.273 e. The van der Waals surface area contributed by atoms with Gasteiger partial charge in [0.1, 0.15) is 5.69 Å². The Labute approximate surface area is 123 Å². The number of hydrogen-bond donors (Lipinski definition) is 2. The van der Waals surface area contributed by atoms with Crippen molar-refractivity contribution < 1.29 is 4.79 Å². The highest BCUT2D eigenvalue weighted by Crippen LogP contribution is 2.19. The standard InChI is InChI=1S/C14H16N4O.ClH/c1-18-13(5-7-16-18)14(19)17-12-3-2-10-4-6-15-9-11(10)8-12;/h2-3,5,7-8,15H,4,6,9H2,1H3,(H,17,19);1H. The first kappa shape index (κ1) is 14.6. The first-order chi connectivity index (χ1) is 9.24. The molecule has 0 aliphatic carbocycles. The van der Waals surface area contributed by atoms with Gasteiger partial charge in [0, 0.05) is 25.5 Å². The van der Waals surface area contributed by atoms with Gasteiger partial charge in [0.25, 0.3) is 5.91 Å². The van der Waals surface area contributed by atoms with Crippen molar-refractivity contribution in [1.82, 2.24) is 15.1 Å². The first-order valence-electron chi connectivity index (χ1n) is 6.36. The van der Waals surface area contributed by atoms with Crippen molar-refractivity contribution in [1.29, 1.82) is 0 Å². The Morgan fingerprint density at radius 3 is 2.95 bits per heavy atom. The van der Waals surface area contributed by atoms with E-state index in [1.165, 1.54) is 11.1 Å². The zero-order valence-electron chi connectivity index (χ0n) is 11.2. The number of aromatic nitrogens is 2. The Balaban J connectivity index is 0.00000147. The van der Waals surface area contributed by atoms with Gasteiger partial charge < -0.3 is 10.6 Å². The van der Waals surface area contributed by atoms with Crippen LogP contribution in [0.3, 0.4) is 0 Å². The third kappa shape index (κ3) is 2.84. The van der Waals surface area contributed by atoms with Gasteiger partial charge in [0.2, 0.25) is 0 Å². The van der Waals surface area contributed by atoms with Crippen LogP contribution in [0.15, 0.2) is 30.5 Å². The Morgan fingerprint density at radius 1 is 1.35 bits per heavy atom. The Morgan fingerprint density at radius 2 is 2.20 bits per heavy atom. The number of benzene rings is 1. The minimum Gasteiger partial charge on any atom is -0.321 e. The lowest BCUT2D eigenvalue weighted by Crippen LogP contribution is -2.24. The molecule has 5 nitrogen and oxygen atoms in total. The monoisotopic (exact) mass is 292 g/mol. The van der Waals surface area contributed by atoms with Crippen LogP contribution >= 0.6 is 12.4 Å². The van der Waals surface area contributed by atoms with Gasteiger partial charge >= 0.3 is 0 Å². The van der Waals surface area contributed by atoms with Crippen molar-refractivity contribution in [3.63, 3.8) is 0 Å². The fourth-order valence-corrected chi connectivity index (χ4v) is 2.35. The second kappa shape index (κ2) is 6.07. The molecule has 0 atom stereocenters. The van der Waals surface area contributed by atoms with E-state index in [1.54, 1.807) is 24.0 Å². The molecule has 0 fully saturated rings. The Bertz CT molecular complexity index is 623. The summed E-state index contributed by atoms with van der Waals surface area (Å²) in [5.41, 5.74) is 4.00. The van der Waals surface area contributed by atoms with E-state index in [4.69, 9.17) is 0 Å². The summed E-state index contributed by atoms with van der Waals surface area (Å²) in [6.07, 6.45) is 2.66. The number of nitrogens with one attached hydrogen (secondary N) is 2. The molecule has 0 radical (unpaired) electrons. The number of carbonyl (C=O) groups excluding carboxylic acids is 1. The van der Waals surface area contributed by atoms with Crippen LogP contribution in [-0.4, -0.2) is 22.2 Å². The van der Waals surface area contributed by atoms with E-state index in [0.717, 1.165) is 25.2 Å². The topological polar surface area (TPSA) is 59.0 Å². The molecule has 2 heterocycles. The van der Waals surface area contributed by atoms with Gasteiger partial charge in [-0.3, -0.25) is 9.48 Å². The summed E-state index contributed by atoms with van der Waals surface area (Å²) in [6.45, 7) is 1.89. The lowest BCUT2D eigenvalue weighted by atomic mass is 10.0. The molecule has 6 heteroatoms. The number of anilines is 1. The van der Waals surface area contributed by atoms with Gasteiger partial charge in [-0.15, -0.1) is 12.4 Å². The normalized spacial score (nSPS) is 13.2. The number of nitrogens with zero attached hydrogens (tertiary/aromatic N) is 2. The van der Waals surface area contributed by atoms with Gasteiger partial charge in [0.05, 0.1) is 0 Å². The van der Waals surface area contributed by atoms with E-state index >= 15 is 0 Å². The van der Waals surface area contributed by atoms with E-state index in [9.17, 15) is 4.79 Å². The predicted octanol–water partition coefficient (Wildman–Crippen LogP) is 1.74. The lowest BCUT2D eigenvalue weighted by molar-refractivity contribution is 0.101. The molecule has 0 spiro atoms. The summed E-state index contributed by atoms with van der Waals surface area (Å²) in [7, 11) is 1.76. The number of carbonyl (C=O) groups is 1. The minimum absolute atomic E-state index is 0. The quantitative estimate of drug-likeness (QED) is 0.886. The van der Waals surface area contributed by atoms with Crippen LogP contribution in [0.5, 0.6) is 0 Å². The molecule has 1 aliphatic rings. The van der Waals surface area contributed by atoms with E-state index in [2.05, 4.69) is 21.8 Å². The number of rotatable bonds is 2. The van der Waals surface area contributed by atoms with Gasteiger partial charge in [0.15, 0.2) is 0 Å². The summed E-state index contributed by atoms with van der Waals surface area (Å²) < 4.78 is 1.56. The number of halogens is 1. The van der Waals surface area contributed by atoms with Crippen molar-refractivity contribution in [3.8, 4) is 0 Å². The van der Waals surface area contributed by atoms with Crippen molar-refractivity contribution in [2.24, 2.45) is 7.05 Å². The smallest absolute Gasteiger partial charge is 0.273 e. The van der Waals surface area contributed by atoms with Crippen LogP contribution in [0.2, 0.25) is 0 Å².